The van der Waals surface area contributed by atoms with E-state index in [4.69, 9.17) is 23.2 Å². The first-order valence-corrected chi connectivity index (χ1v) is 13.6. The van der Waals surface area contributed by atoms with E-state index in [-0.39, 0.29) is 37.7 Å². The number of amides is 2. The number of rotatable bonds is 11. The average Bonchev–Trinajstić information content (AvgIpc) is 2.75. The molecule has 0 fully saturated rings. The molecule has 0 aliphatic heterocycles. The first-order chi connectivity index (χ1) is 15.9. The molecule has 0 spiro atoms. The second-order valence-corrected chi connectivity index (χ2v) is 10.9. The van der Waals surface area contributed by atoms with Crippen molar-refractivity contribution in [2.45, 2.75) is 46.2 Å². The van der Waals surface area contributed by atoms with E-state index >= 15 is 0 Å². The van der Waals surface area contributed by atoms with Gasteiger partial charge in [0.2, 0.25) is 21.8 Å². The van der Waals surface area contributed by atoms with Crippen LogP contribution in [0.3, 0.4) is 0 Å². The molecule has 0 aliphatic rings. The molecular weight excluding hydrogens is 497 g/mol. The lowest BCUT2D eigenvalue weighted by Gasteiger charge is -2.29. The number of anilines is 1. The summed E-state index contributed by atoms with van der Waals surface area (Å²) in [5, 5.41) is 3.71. The van der Waals surface area contributed by atoms with E-state index in [0.29, 0.717) is 22.3 Å². The highest BCUT2D eigenvalue weighted by Gasteiger charge is 2.26. The summed E-state index contributed by atoms with van der Waals surface area (Å²) >= 11 is 12.2. The predicted molar refractivity (Wildman–Crippen MR) is 138 cm³/mol. The smallest absolute Gasteiger partial charge is 0.242 e. The normalized spacial score (nSPS) is 12.2. The first kappa shape index (κ1) is 28.0. The third-order valence-electron chi connectivity index (χ3n) is 5.35. The molecule has 2 aromatic rings. The highest BCUT2D eigenvalue weighted by Crippen LogP contribution is 2.27. The van der Waals surface area contributed by atoms with Gasteiger partial charge in [0.25, 0.3) is 0 Å². The summed E-state index contributed by atoms with van der Waals surface area (Å²) in [5.74, 6) is -0.514. The van der Waals surface area contributed by atoms with E-state index in [2.05, 4.69) is 5.32 Å². The molecule has 34 heavy (non-hydrogen) atoms. The molecule has 2 aromatic carbocycles. The fraction of sp³-hybridized carbons (Fsp3) is 0.417. The molecular formula is C24H31Cl2N3O4S. The molecule has 1 atom stereocenters. The molecule has 0 aromatic heterocycles. The van der Waals surface area contributed by atoms with Gasteiger partial charge in [0, 0.05) is 36.1 Å². The van der Waals surface area contributed by atoms with Gasteiger partial charge >= 0.3 is 0 Å². The number of carbonyl (C=O) groups excluding carboxylic acids is 2. The van der Waals surface area contributed by atoms with Gasteiger partial charge in [-0.2, -0.15) is 0 Å². The van der Waals surface area contributed by atoms with Crippen molar-refractivity contribution in [3.8, 4) is 0 Å². The fourth-order valence-corrected chi connectivity index (χ4v) is 4.96. The summed E-state index contributed by atoms with van der Waals surface area (Å²) in [7, 11) is -3.59. The molecule has 186 valence electrons. The van der Waals surface area contributed by atoms with E-state index in [9.17, 15) is 18.0 Å². The van der Waals surface area contributed by atoms with Gasteiger partial charge in [0.15, 0.2) is 0 Å². The van der Waals surface area contributed by atoms with Crippen molar-refractivity contribution in [3.63, 3.8) is 0 Å². The number of benzene rings is 2. The van der Waals surface area contributed by atoms with Crippen LogP contribution in [0.25, 0.3) is 0 Å². The zero-order valence-corrected chi connectivity index (χ0v) is 22.2. The minimum atomic E-state index is -3.59. The summed E-state index contributed by atoms with van der Waals surface area (Å²) in [5.41, 5.74) is 2.03. The van der Waals surface area contributed by atoms with Crippen molar-refractivity contribution >= 4 is 50.7 Å². The quantitative estimate of drug-likeness (QED) is 0.469. The van der Waals surface area contributed by atoms with E-state index in [1.165, 1.54) is 9.21 Å². The van der Waals surface area contributed by atoms with Crippen LogP contribution in [0.4, 0.5) is 5.69 Å². The predicted octanol–water partition coefficient (Wildman–Crippen LogP) is 4.40. The van der Waals surface area contributed by atoms with Crippen LogP contribution in [0, 0.1) is 6.92 Å². The number of nitrogens with zero attached hydrogens (tertiary/aromatic N) is 2. The Kier molecular flexibility index (Phi) is 10.2. The zero-order valence-electron chi connectivity index (χ0n) is 19.8. The second-order valence-electron chi connectivity index (χ2n) is 8.09. The highest BCUT2D eigenvalue weighted by molar-refractivity contribution is 7.92. The Morgan fingerprint density at radius 1 is 1.09 bits per heavy atom. The SMILES string of the molecule is CCNC(=O)[C@@H](C)N(Cc1cccc(Cl)c1)C(=O)CCCN(c1cc(Cl)ccc1C)S(C)(=O)=O. The number of nitrogens with one attached hydrogen (secondary N) is 1. The number of carbonyl (C=O) groups is 2. The fourth-order valence-electron chi connectivity index (χ4n) is 3.57. The first-order valence-electron chi connectivity index (χ1n) is 11.0. The third-order valence-corrected chi connectivity index (χ3v) is 7.00. The molecule has 1 N–H and O–H groups in total. The number of aryl methyl sites for hydroxylation is 1. The lowest BCUT2D eigenvalue weighted by molar-refractivity contribution is -0.140. The maximum Gasteiger partial charge on any atom is 0.242 e. The second kappa shape index (κ2) is 12.4. The van der Waals surface area contributed by atoms with Crippen LogP contribution in [0.15, 0.2) is 42.5 Å². The van der Waals surface area contributed by atoms with E-state index in [0.717, 1.165) is 17.4 Å². The lowest BCUT2D eigenvalue weighted by Crippen LogP contribution is -2.47. The minimum absolute atomic E-state index is 0.0654. The van der Waals surface area contributed by atoms with Crippen molar-refractivity contribution < 1.29 is 18.0 Å². The highest BCUT2D eigenvalue weighted by atomic mass is 35.5. The van der Waals surface area contributed by atoms with E-state index < -0.39 is 16.1 Å². The van der Waals surface area contributed by atoms with Gasteiger partial charge in [-0.15, -0.1) is 0 Å². The molecule has 2 amide bonds. The maximum atomic E-state index is 13.2. The number of hydrogen-bond acceptors (Lipinski definition) is 4. The van der Waals surface area contributed by atoms with Gasteiger partial charge in [-0.1, -0.05) is 41.4 Å². The Bertz CT molecular complexity index is 1120. The molecule has 7 nitrogen and oxygen atoms in total. The van der Waals surface area contributed by atoms with Gasteiger partial charge < -0.3 is 10.2 Å². The van der Waals surface area contributed by atoms with Crippen LogP contribution in [-0.4, -0.2) is 50.5 Å². The molecule has 2 rings (SSSR count). The van der Waals surface area contributed by atoms with E-state index in [1.807, 2.05) is 13.0 Å². The van der Waals surface area contributed by atoms with Crippen molar-refractivity contribution in [2.75, 3.05) is 23.7 Å². The molecule has 0 aliphatic carbocycles. The van der Waals surface area contributed by atoms with Crippen LogP contribution in [0.5, 0.6) is 0 Å². The van der Waals surface area contributed by atoms with Crippen LogP contribution < -0.4 is 9.62 Å². The van der Waals surface area contributed by atoms with Gasteiger partial charge in [-0.05, 0) is 62.6 Å². The topological polar surface area (TPSA) is 86.8 Å². The van der Waals surface area contributed by atoms with Crippen molar-refractivity contribution in [1.29, 1.82) is 0 Å². The van der Waals surface area contributed by atoms with Crippen molar-refractivity contribution in [2.24, 2.45) is 0 Å². The number of likely N-dealkylation sites (N-methyl/N-ethyl adjacent to an activating group) is 1. The Morgan fingerprint density at radius 2 is 1.76 bits per heavy atom. The average molecular weight is 529 g/mol. The van der Waals surface area contributed by atoms with E-state index in [1.54, 1.807) is 50.2 Å². The Balaban J connectivity index is 2.19. The third kappa shape index (κ3) is 7.89. The summed E-state index contributed by atoms with van der Waals surface area (Å²) in [6.07, 6.45) is 1.46. The largest absolute Gasteiger partial charge is 0.355 e. The lowest BCUT2D eigenvalue weighted by atomic mass is 10.1. The Labute approximate surface area is 212 Å². The summed E-state index contributed by atoms with van der Waals surface area (Å²) in [6.45, 7) is 6.05. The molecule has 0 saturated heterocycles. The van der Waals surface area contributed by atoms with Crippen LogP contribution in [0.2, 0.25) is 10.0 Å². The van der Waals surface area contributed by atoms with Gasteiger partial charge in [-0.3, -0.25) is 13.9 Å². The van der Waals surface area contributed by atoms with Crippen LogP contribution in [-0.2, 0) is 26.2 Å². The summed E-state index contributed by atoms with van der Waals surface area (Å²) in [6, 6.07) is 11.5. The van der Waals surface area contributed by atoms with Crippen LogP contribution in [0.1, 0.15) is 37.8 Å². The van der Waals surface area contributed by atoms with Crippen LogP contribution >= 0.6 is 23.2 Å². The molecule has 10 heteroatoms. The Morgan fingerprint density at radius 3 is 2.38 bits per heavy atom. The minimum Gasteiger partial charge on any atom is -0.355 e. The van der Waals surface area contributed by atoms with Gasteiger partial charge in [-0.25, -0.2) is 8.42 Å². The number of sulfonamides is 1. The van der Waals surface area contributed by atoms with Gasteiger partial charge in [0.1, 0.15) is 6.04 Å². The molecule has 0 saturated carbocycles. The number of hydrogen-bond donors (Lipinski definition) is 1. The molecule has 0 bridgehead atoms. The molecule has 0 unspecified atom stereocenters. The molecule has 0 radical (unpaired) electrons. The number of halogens is 2. The zero-order chi connectivity index (χ0) is 25.5. The Hall–Kier alpha value is -2.29. The standard InChI is InChI=1S/C24H31Cl2N3O4S/c1-5-27-24(31)18(3)28(16-19-8-6-9-20(25)14-19)23(30)10-7-13-29(34(4,32)33)22-15-21(26)12-11-17(22)2/h6,8-9,11-12,14-15,18H,5,7,10,13,16H2,1-4H3,(H,27,31)/t18-/m1/s1. The van der Waals surface area contributed by atoms with Crippen molar-refractivity contribution in [3.05, 3.63) is 63.6 Å². The summed E-state index contributed by atoms with van der Waals surface area (Å²) < 4.78 is 26.2. The summed E-state index contributed by atoms with van der Waals surface area (Å²) in [4.78, 5) is 27.2. The van der Waals surface area contributed by atoms with Gasteiger partial charge in [0.05, 0.1) is 11.9 Å². The maximum absolute atomic E-state index is 13.2. The monoisotopic (exact) mass is 527 g/mol. The molecule has 0 heterocycles. The van der Waals surface area contributed by atoms with Crippen molar-refractivity contribution in [1.82, 2.24) is 10.2 Å².